The van der Waals surface area contributed by atoms with Crippen molar-refractivity contribution in [1.82, 2.24) is 20.6 Å². The SMILES string of the molecule is COc1cnn(C)c(=O)c1-c1ccc(/C=C(/NC(=O)C2=C(Cl)CCC=C2Cl)C(=O)NO)cc1. The van der Waals surface area contributed by atoms with Crippen LogP contribution in [0.3, 0.4) is 0 Å². The molecule has 1 heterocycles. The quantitative estimate of drug-likeness (QED) is 0.325. The first-order chi connectivity index (χ1) is 15.8. The van der Waals surface area contributed by atoms with Gasteiger partial charge in [-0.1, -0.05) is 53.5 Å². The van der Waals surface area contributed by atoms with Gasteiger partial charge in [-0.3, -0.25) is 19.6 Å². The van der Waals surface area contributed by atoms with Crippen molar-refractivity contribution >= 4 is 41.1 Å². The third-order valence-corrected chi connectivity index (χ3v) is 5.57. The van der Waals surface area contributed by atoms with E-state index in [1.807, 2.05) is 0 Å². The number of aromatic nitrogens is 2. The monoisotopic (exact) mass is 490 g/mol. The van der Waals surface area contributed by atoms with E-state index in [2.05, 4.69) is 10.4 Å². The van der Waals surface area contributed by atoms with Gasteiger partial charge in [0, 0.05) is 12.1 Å². The van der Waals surface area contributed by atoms with Crippen molar-refractivity contribution in [2.45, 2.75) is 12.8 Å². The normalized spacial score (nSPS) is 14.0. The molecule has 0 aliphatic heterocycles. The van der Waals surface area contributed by atoms with Gasteiger partial charge in [-0.25, -0.2) is 10.2 Å². The Kier molecular flexibility index (Phi) is 7.70. The highest BCUT2D eigenvalue weighted by Crippen LogP contribution is 2.30. The summed E-state index contributed by atoms with van der Waals surface area (Å²) in [5.41, 5.74) is 2.39. The van der Waals surface area contributed by atoms with E-state index in [9.17, 15) is 14.4 Å². The number of hydrogen-bond donors (Lipinski definition) is 3. The van der Waals surface area contributed by atoms with Gasteiger partial charge in [-0.15, -0.1) is 0 Å². The zero-order valence-corrected chi connectivity index (χ0v) is 19.2. The molecule has 1 aromatic carbocycles. The molecular formula is C22H20Cl2N4O5. The Bertz CT molecular complexity index is 1250. The van der Waals surface area contributed by atoms with E-state index in [1.54, 1.807) is 30.3 Å². The molecule has 0 saturated heterocycles. The highest BCUT2D eigenvalue weighted by Gasteiger charge is 2.23. The zero-order valence-electron chi connectivity index (χ0n) is 17.7. The number of carbonyl (C=O) groups is 2. The Morgan fingerprint density at radius 3 is 2.55 bits per heavy atom. The van der Waals surface area contributed by atoms with Crippen LogP contribution in [0.2, 0.25) is 0 Å². The summed E-state index contributed by atoms with van der Waals surface area (Å²) in [7, 11) is 2.97. The maximum Gasteiger partial charge on any atom is 0.291 e. The summed E-state index contributed by atoms with van der Waals surface area (Å²) in [4.78, 5) is 37.3. The number of allylic oxidation sites excluding steroid dienone is 2. The lowest BCUT2D eigenvalue weighted by Crippen LogP contribution is -2.34. The van der Waals surface area contributed by atoms with Crippen LogP contribution in [0.4, 0.5) is 0 Å². The molecule has 33 heavy (non-hydrogen) atoms. The molecule has 0 radical (unpaired) electrons. The van der Waals surface area contributed by atoms with Crippen LogP contribution in [0.5, 0.6) is 5.75 Å². The number of ether oxygens (including phenoxy) is 1. The van der Waals surface area contributed by atoms with Crippen LogP contribution in [-0.4, -0.2) is 33.9 Å². The van der Waals surface area contributed by atoms with E-state index in [4.69, 9.17) is 33.1 Å². The van der Waals surface area contributed by atoms with Crippen LogP contribution in [0.25, 0.3) is 17.2 Å². The lowest BCUT2D eigenvalue weighted by molar-refractivity contribution is -0.127. The molecule has 3 N–H and O–H groups in total. The smallest absolute Gasteiger partial charge is 0.291 e. The van der Waals surface area contributed by atoms with E-state index < -0.39 is 11.8 Å². The molecule has 1 aromatic heterocycles. The molecule has 0 fully saturated rings. The van der Waals surface area contributed by atoms with Crippen molar-refractivity contribution < 1.29 is 19.5 Å². The molecule has 1 aliphatic carbocycles. The van der Waals surface area contributed by atoms with Crippen molar-refractivity contribution in [3.8, 4) is 16.9 Å². The minimum Gasteiger partial charge on any atom is -0.494 e. The summed E-state index contributed by atoms with van der Waals surface area (Å²) in [6, 6.07) is 6.57. The fourth-order valence-corrected chi connectivity index (χ4v) is 3.83. The summed E-state index contributed by atoms with van der Waals surface area (Å²) < 4.78 is 6.44. The first kappa shape index (κ1) is 24.2. The van der Waals surface area contributed by atoms with Crippen LogP contribution in [-0.2, 0) is 16.6 Å². The molecule has 172 valence electrons. The third kappa shape index (κ3) is 5.33. The molecule has 0 bridgehead atoms. The van der Waals surface area contributed by atoms with Crippen LogP contribution in [0, 0.1) is 0 Å². The van der Waals surface area contributed by atoms with Gasteiger partial charge in [0.05, 0.1) is 29.5 Å². The molecular weight excluding hydrogens is 471 g/mol. The van der Waals surface area contributed by atoms with Crippen molar-refractivity contribution in [2.75, 3.05) is 7.11 Å². The molecule has 0 spiro atoms. The molecule has 2 aromatic rings. The number of benzene rings is 1. The Balaban J connectivity index is 1.93. The van der Waals surface area contributed by atoms with Gasteiger partial charge in [-0.05, 0) is 30.0 Å². The fourth-order valence-electron chi connectivity index (χ4n) is 3.17. The van der Waals surface area contributed by atoms with Gasteiger partial charge in [0.15, 0.2) is 5.75 Å². The Morgan fingerprint density at radius 1 is 1.24 bits per heavy atom. The Labute approximate surface area is 198 Å². The van der Waals surface area contributed by atoms with Crippen LogP contribution >= 0.6 is 23.2 Å². The number of hydroxylamine groups is 1. The van der Waals surface area contributed by atoms with Crippen LogP contribution in [0.1, 0.15) is 18.4 Å². The number of nitrogens with zero attached hydrogens (tertiary/aromatic N) is 2. The zero-order chi connectivity index (χ0) is 24.1. The van der Waals surface area contributed by atoms with Gasteiger partial charge < -0.3 is 10.1 Å². The number of methoxy groups -OCH3 is 1. The molecule has 2 amide bonds. The Morgan fingerprint density at radius 2 is 1.94 bits per heavy atom. The Hall–Kier alpha value is -3.40. The first-order valence-corrected chi connectivity index (χ1v) is 10.4. The van der Waals surface area contributed by atoms with E-state index in [0.29, 0.717) is 35.3 Å². The lowest BCUT2D eigenvalue weighted by atomic mass is 10.0. The second-order valence-corrected chi connectivity index (χ2v) is 7.83. The van der Waals surface area contributed by atoms with Crippen LogP contribution < -0.4 is 21.1 Å². The summed E-state index contributed by atoms with van der Waals surface area (Å²) >= 11 is 12.2. The maximum atomic E-state index is 12.7. The molecule has 9 nitrogen and oxygen atoms in total. The first-order valence-electron chi connectivity index (χ1n) is 9.69. The molecule has 3 rings (SSSR count). The van der Waals surface area contributed by atoms with E-state index in [1.165, 1.54) is 36.6 Å². The highest BCUT2D eigenvalue weighted by atomic mass is 35.5. The standard InChI is InChI=1S/C22H20Cl2N4O5/c1-28-22(31)18(17(33-2)11-25-28)13-8-6-12(7-9-13)10-16(20(29)27-32)26-21(30)19-14(23)4-3-5-15(19)24/h4,6-11,32H,3,5H2,1-2H3,(H,26,30)(H,27,29)/b16-10+. The van der Waals surface area contributed by atoms with Crippen molar-refractivity contribution in [3.05, 3.63) is 73.8 Å². The second-order valence-electron chi connectivity index (χ2n) is 6.96. The summed E-state index contributed by atoms with van der Waals surface area (Å²) in [6.45, 7) is 0. The van der Waals surface area contributed by atoms with Gasteiger partial charge in [0.25, 0.3) is 17.4 Å². The van der Waals surface area contributed by atoms with Gasteiger partial charge in [0.2, 0.25) is 0 Å². The number of amides is 2. The number of nitrogens with one attached hydrogen (secondary N) is 2. The lowest BCUT2D eigenvalue weighted by Gasteiger charge is -2.15. The summed E-state index contributed by atoms with van der Waals surface area (Å²) in [5, 5.41) is 15.9. The minimum atomic E-state index is -0.940. The van der Waals surface area contributed by atoms with Crippen LogP contribution in [0.15, 0.2) is 62.7 Å². The number of rotatable bonds is 6. The maximum absolute atomic E-state index is 12.7. The van der Waals surface area contributed by atoms with Gasteiger partial charge in [0.1, 0.15) is 5.70 Å². The van der Waals surface area contributed by atoms with E-state index in [-0.39, 0.29) is 26.9 Å². The number of hydrogen-bond acceptors (Lipinski definition) is 6. The van der Waals surface area contributed by atoms with Crippen molar-refractivity contribution in [1.29, 1.82) is 0 Å². The molecule has 0 atom stereocenters. The van der Waals surface area contributed by atoms with Crippen molar-refractivity contribution in [2.24, 2.45) is 7.05 Å². The van der Waals surface area contributed by atoms with Crippen molar-refractivity contribution in [3.63, 3.8) is 0 Å². The molecule has 0 saturated carbocycles. The molecule has 0 unspecified atom stereocenters. The minimum absolute atomic E-state index is 0.0669. The topological polar surface area (TPSA) is 123 Å². The van der Waals surface area contributed by atoms with Gasteiger partial charge >= 0.3 is 0 Å². The average Bonchev–Trinajstić information content (AvgIpc) is 2.80. The number of carbonyl (C=O) groups excluding carboxylic acids is 2. The second kappa shape index (κ2) is 10.5. The highest BCUT2D eigenvalue weighted by molar-refractivity contribution is 6.40. The number of halogens is 2. The number of aryl methyl sites for hydroxylation is 1. The molecule has 1 aliphatic rings. The predicted molar refractivity (Wildman–Crippen MR) is 124 cm³/mol. The van der Waals surface area contributed by atoms with E-state index >= 15 is 0 Å². The third-order valence-electron chi connectivity index (χ3n) is 4.85. The van der Waals surface area contributed by atoms with Gasteiger partial charge in [-0.2, -0.15) is 5.10 Å². The predicted octanol–water partition coefficient (Wildman–Crippen LogP) is 2.83. The summed E-state index contributed by atoms with van der Waals surface area (Å²) in [6.07, 6.45) is 5.50. The average molecular weight is 491 g/mol. The fraction of sp³-hybridized carbons (Fsp3) is 0.182. The summed E-state index contributed by atoms with van der Waals surface area (Å²) in [5.74, 6) is -1.31. The molecule has 11 heteroatoms. The largest absolute Gasteiger partial charge is 0.494 e. The van der Waals surface area contributed by atoms with E-state index in [0.717, 1.165) is 0 Å².